The molecule has 0 bridgehead atoms. The normalized spacial score (nSPS) is 18.7. The van der Waals surface area contributed by atoms with Gasteiger partial charge >= 0.3 is 43.6 Å². The van der Waals surface area contributed by atoms with Crippen LogP contribution in [0.1, 0.15) is 281 Å². The number of thiophene rings is 4. The van der Waals surface area contributed by atoms with Gasteiger partial charge < -0.3 is 57.1 Å². The maximum atomic E-state index is 13.2. The maximum absolute atomic E-state index is 13.2. The van der Waals surface area contributed by atoms with Gasteiger partial charge in [0.15, 0.2) is 16.6 Å². The summed E-state index contributed by atoms with van der Waals surface area (Å²) in [5.74, 6) is 5.12. The largest absolute Gasteiger partial charge is 1.00 e. The molecule has 3 aliphatic carbocycles. The molecule has 9 heterocycles. The number of alkyl halides is 12. The summed E-state index contributed by atoms with van der Waals surface area (Å²) in [6, 6.07) is 27.4. The Labute approximate surface area is 862 Å². The van der Waals surface area contributed by atoms with Crippen LogP contribution in [0.3, 0.4) is 0 Å². The predicted molar refractivity (Wildman–Crippen MR) is 554 cm³/mol. The second-order valence-electron chi connectivity index (χ2n) is 39.1. The van der Waals surface area contributed by atoms with Crippen LogP contribution in [-0.2, 0) is 54.3 Å². The molecule has 4 atom stereocenters. The molecule has 764 valence electrons. The number of benzene rings is 4. The van der Waals surface area contributed by atoms with Crippen LogP contribution < -0.4 is 40.1 Å². The molecule has 4 aliphatic rings. The van der Waals surface area contributed by atoms with E-state index in [-0.39, 0.29) is 53.2 Å². The summed E-state index contributed by atoms with van der Waals surface area (Å²) >= 11 is 8.10. The zero-order valence-corrected chi connectivity index (χ0v) is 91.1. The summed E-state index contributed by atoms with van der Waals surface area (Å²) in [4.78, 5) is 48.3. The average molecular weight is 2180 g/mol. The molecule has 0 amide bonds. The number of unbranched alkanes of at least 4 members (excludes halogenated alkanes) is 1. The van der Waals surface area contributed by atoms with E-state index in [4.69, 9.17) is 13.6 Å². The Morgan fingerprint density at radius 3 is 1.06 bits per heavy atom. The van der Waals surface area contributed by atoms with Crippen LogP contribution in [0.25, 0.3) is 40.9 Å². The van der Waals surface area contributed by atoms with Gasteiger partial charge in [-0.1, -0.05) is 103 Å². The number of nitrogens with zero attached hydrogens (tertiary/aromatic N) is 8. The Kier molecular flexibility index (Phi) is 41.0. The van der Waals surface area contributed by atoms with Crippen molar-refractivity contribution in [3.8, 4) is 0 Å². The van der Waals surface area contributed by atoms with Crippen LogP contribution in [-0.4, -0.2) is 109 Å². The third kappa shape index (κ3) is 32.8. The molecule has 1 saturated heterocycles. The van der Waals surface area contributed by atoms with E-state index in [9.17, 15) is 72.8 Å². The number of hydrogen-bond donors (Lipinski definition) is 7. The molecule has 19 nitrogen and oxygen atoms in total. The molecule has 12 aromatic rings. The average Bonchev–Trinajstić information content (AvgIpc) is 1.62. The molecular formula is C102H130F12ILiN12O7S4Si2. The van der Waals surface area contributed by atoms with Crippen molar-refractivity contribution in [1.29, 1.82) is 0 Å². The first-order valence-electron chi connectivity index (χ1n) is 47.1. The number of carbonyl (C=O) groups is 1. The van der Waals surface area contributed by atoms with Gasteiger partial charge in [-0.05, 0) is 292 Å². The second kappa shape index (κ2) is 49.4. The van der Waals surface area contributed by atoms with E-state index in [1.54, 1.807) is 70.2 Å². The van der Waals surface area contributed by atoms with Crippen LogP contribution >= 0.6 is 67.9 Å². The number of fused-ring (bicyclic) bond motifs is 4. The van der Waals surface area contributed by atoms with Gasteiger partial charge in [0.25, 0.3) is 0 Å². The number of rotatable bonds is 19. The molecule has 39 heteroatoms. The third-order valence-electron chi connectivity index (χ3n) is 25.8. The number of aromatic nitrogens is 8. The van der Waals surface area contributed by atoms with E-state index < -0.39 is 86.9 Å². The van der Waals surface area contributed by atoms with Gasteiger partial charge in [-0.15, -0.1) is 45.3 Å². The first-order chi connectivity index (χ1) is 65.2. The number of ether oxygens (including phenoxy) is 1. The van der Waals surface area contributed by atoms with Crippen molar-refractivity contribution in [1.82, 2.24) is 39.9 Å². The molecule has 3 saturated carbocycles. The maximum Gasteiger partial charge on any atom is 1.00 e. The number of aliphatic hydroxyl groups is 3. The van der Waals surface area contributed by atoms with Crippen LogP contribution in [0.2, 0.25) is 36.3 Å². The predicted octanol–water partition coefficient (Wildman–Crippen LogP) is 27.6. The molecule has 16 rings (SSSR count). The fourth-order valence-electron chi connectivity index (χ4n) is 15.5. The fourth-order valence-corrected chi connectivity index (χ4v) is 23.3. The number of carbonyl (C=O) groups excluding carboxylic acids is 1. The first kappa shape index (κ1) is 117. The third-order valence-corrected chi connectivity index (χ3v) is 40.3. The van der Waals surface area contributed by atoms with E-state index in [2.05, 4.69) is 165 Å². The van der Waals surface area contributed by atoms with Crippen LogP contribution in [0.4, 0.5) is 76.0 Å². The monoisotopic (exact) mass is 2180 g/mol. The zero-order valence-electron chi connectivity index (χ0n) is 83.7. The molecule has 141 heavy (non-hydrogen) atoms. The Morgan fingerprint density at radius 1 is 0.461 bits per heavy atom. The number of ketones is 1. The summed E-state index contributed by atoms with van der Waals surface area (Å²) in [7, 11) is -3.51. The van der Waals surface area contributed by atoms with E-state index >= 15 is 0 Å². The van der Waals surface area contributed by atoms with Crippen LogP contribution in [0.15, 0.2) is 127 Å². The summed E-state index contributed by atoms with van der Waals surface area (Å²) in [5.41, 5.74) is 0.569. The second-order valence-corrected chi connectivity index (χ2v) is 54.6. The molecule has 8 aromatic heterocycles. The minimum atomic E-state index is -4.40. The standard InChI is InChI=1S/C28H38F3N3O2SSi.C22H24F3N3O2S.C16H13F3IN3S.C16H14F3N3S.C12H24O2Si.C4H8O.C4H9.Li/c1-17(19-9-8-10-20(15-19)28(29,30)31)32-25-24-22(33-18(2)34-25)16-23(37-24)27(35)13-11-21(12-14-27)36-38(6,7)26(3,4)5;1-12(14-4-3-5-15(10-14)22(23,24)25)26-20-19-17(27-13(2)28-20)11-18(31-19)21(30)8-6-16(29)7-9-21;1-8(10-4-3-5-11(6-10)16(17,18)19)21-15-14-12(7-13(20)24-14)22-9(2)23-15;1-9(11-4-3-5-12(8-11)16(17,18)19)20-15-14-13(6-7-23-14)21-10(2)22-15;1-12(2,3)15(4,5)14-11-8-6-10(13)7-9-11;1-2-4-5-3-1;1-3-4-2;/h8-10,15-17,21,35H,11-14H2,1-7H3,(H,32,33,34);3-5,10-12,16,29-30H,6-9H2,1-2H3,(H,26,27,28);3-8H,1-2H3,(H,21,22,23);3-9H,1-2H3,(H,20,21,22);11H,6-9H2,1-5H3;1-4H2;1,3-4H2,2H3;/q;;;;;;-1;+1/t17-,21?,27?;12-,16?,21?;8-;9-;;;;/m1111..../s1. The van der Waals surface area contributed by atoms with E-state index in [0.29, 0.717) is 125 Å². The van der Waals surface area contributed by atoms with E-state index in [1.165, 1.54) is 83.6 Å². The molecule has 0 spiro atoms. The van der Waals surface area contributed by atoms with Crippen molar-refractivity contribution < 1.29 is 105 Å². The van der Waals surface area contributed by atoms with Gasteiger partial charge in [0.2, 0.25) is 0 Å². The molecule has 0 unspecified atom stereocenters. The summed E-state index contributed by atoms with van der Waals surface area (Å²) in [6.45, 7) is 44.6. The van der Waals surface area contributed by atoms with Crippen molar-refractivity contribution in [2.75, 3.05) is 34.5 Å². The first-order valence-corrected chi connectivity index (χ1v) is 57.3. The van der Waals surface area contributed by atoms with E-state index in [0.717, 1.165) is 149 Å². The number of aliphatic hydroxyl groups excluding tert-OH is 1. The summed E-state index contributed by atoms with van der Waals surface area (Å²) < 4.78 is 178. The number of nitrogens with one attached hydrogen (secondary N) is 4. The molecular weight excluding hydrogens is 2050 g/mol. The van der Waals surface area contributed by atoms with Crippen molar-refractivity contribution in [3.05, 3.63) is 214 Å². The SMILES string of the molecule is C1CCOC1.CC(C)(C)[Si](C)(C)OC1CCC(=O)CC1.Cc1nc(N[C@H](C)c2cccc(C(F)(F)F)c2)c2sc(C3(O)CCC(O)CC3)cc2n1.Cc1nc(N[C@H](C)c2cccc(C(F)(F)F)c2)c2sc(C3(O)CCC(O[Si](C)(C)C(C)(C)C)CC3)cc2n1.Cc1nc(N[C@H](C)c2cccc(C(F)(F)F)c2)c2sc(I)cc2n1.Cc1nc(N[C@H](C)c2cccc(C(F)(F)F)c2)c2sccc2n1.[CH2-]CCC.[Li+]. The topological polar surface area (TPSA) is 257 Å². The molecule has 4 aromatic carbocycles. The smallest absolute Gasteiger partial charge is 0.414 e. The van der Waals surface area contributed by atoms with Gasteiger partial charge in [0.1, 0.15) is 52.4 Å². The molecule has 4 fully saturated rings. The summed E-state index contributed by atoms with van der Waals surface area (Å²) in [6.07, 6.45) is -4.45. The van der Waals surface area contributed by atoms with Crippen LogP contribution in [0, 0.1) is 37.5 Å². The number of hydrogen-bond acceptors (Lipinski definition) is 23. The van der Waals surface area contributed by atoms with E-state index in [1.807, 2.05) is 50.4 Å². The Bertz CT molecular complexity index is 6090. The number of anilines is 4. The van der Waals surface area contributed by atoms with Crippen molar-refractivity contribution >= 4 is 154 Å². The molecule has 0 radical (unpaired) electrons. The Hall–Kier alpha value is -7.41. The zero-order chi connectivity index (χ0) is 103. The molecule has 1 aliphatic heterocycles. The van der Waals surface area contributed by atoms with Gasteiger partial charge in [0.05, 0.1) is 107 Å². The Morgan fingerprint density at radius 2 is 0.759 bits per heavy atom. The minimum Gasteiger partial charge on any atom is -0.414 e. The number of aryl methyl sites for hydroxylation is 4. The van der Waals surface area contributed by atoms with Gasteiger partial charge in [-0.25, -0.2) is 39.9 Å². The van der Waals surface area contributed by atoms with Gasteiger partial charge in [-0.2, -0.15) is 59.1 Å². The van der Waals surface area contributed by atoms with Crippen molar-refractivity contribution in [3.63, 3.8) is 0 Å². The quantitative estimate of drug-likeness (QED) is 0.0172. The fraction of sp³-hybridized carbons (Fsp3) is 0.510. The van der Waals surface area contributed by atoms with Crippen molar-refractivity contribution in [2.24, 2.45) is 0 Å². The summed E-state index contributed by atoms with van der Waals surface area (Å²) in [5, 5.41) is 47.8. The van der Waals surface area contributed by atoms with Crippen molar-refractivity contribution in [2.45, 2.75) is 321 Å². The molecule has 7 N–H and O–H groups in total. The number of halogens is 13. The minimum absolute atomic E-state index is 0. The Balaban J connectivity index is 0.000000197. The number of Topliss-reactive ketones (excluding diaryl/α,β-unsaturated/α-hetero) is 1. The van der Waals surface area contributed by atoms with Gasteiger partial charge in [-0.3, -0.25) is 4.79 Å². The van der Waals surface area contributed by atoms with Crippen LogP contribution in [0.5, 0.6) is 0 Å². The van der Waals surface area contributed by atoms with Gasteiger partial charge in [0, 0.05) is 48.0 Å².